The predicted octanol–water partition coefficient (Wildman–Crippen LogP) is 2.96. The van der Waals surface area contributed by atoms with Crippen LogP contribution in [0.1, 0.15) is 39.1 Å². The minimum absolute atomic E-state index is 0.277. The highest BCUT2D eigenvalue weighted by Gasteiger charge is 2.13. The Bertz CT molecular complexity index is 557. The molecule has 116 valence electrons. The summed E-state index contributed by atoms with van der Waals surface area (Å²) in [6, 6.07) is 8.58. The smallest absolute Gasteiger partial charge is 0.126 e. The van der Waals surface area contributed by atoms with Crippen molar-refractivity contribution in [3.63, 3.8) is 0 Å². The van der Waals surface area contributed by atoms with Gasteiger partial charge in [-0.1, -0.05) is 26.0 Å². The Hall–Kier alpha value is -1.39. The summed E-state index contributed by atoms with van der Waals surface area (Å²) in [5.41, 5.74) is 2.27. The van der Waals surface area contributed by atoms with Gasteiger partial charge in [-0.05, 0) is 51.7 Å². The lowest BCUT2D eigenvalue weighted by atomic mass is 10.3. The molecule has 0 saturated carbocycles. The first-order valence-electron chi connectivity index (χ1n) is 8.04. The average molecular weight is 288 g/mol. The highest BCUT2D eigenvalue weighted by atomic mass is 15.1. The Labute approximate surface area is 128 Å². The molecule has 4 nitrogen and oxygen atoms in total. The van der Waals surface area contributed by atoms with Gasteiger partial charge in [0.05, 0.1) is 17.1 Å². The van der Waals surface area contributed by atoms with E-state index in [-0.39, 0.29) is 6.04 Å². The molecule has 1 unspecified atom stereocenters. The molecule has 1 atom stereocenters. The normalized spacial score (nSPS) is 13.2. The number of para-hydroxylation sites is 2. The number of fused-ring (bicyclic) bond motifs is 1. The zero-order chi connectivity index (χ0) is 15.2. The molecule has 0 amide bonds. The molecule has 0 fully saturated rings. The Morgan fingerprint density at radius 3 is 2.62 bits per heavy atom. The first-order valence-corrected chi connectivity index (χ1v) is 8.04. The minimum atomic E-state index is 0.277. The molecular formula is C17H28N4. The summed E-state index contributed by atoms with van der Waals surface area (Å²) in [4.78, 5) is 7.21. The Kier molecular flexibility index (Phi) is 5.76. The van der Waals surface area contributed by atoms with Gasteiger partial charge in [0.25, 0.3) is 0 Å². The average Bonchev–Trinajstić information content (AvgIpc) is 2.85. The van der Waals surface area contributed by atoms with Crippen LogP contribution >= 0.6 is 0 Å². The summed E-state index contributed by atoms with van der Waals surface area (Å²) < 4.78 is 2.19. The lowest BCUT2D eigenvalue weighted by molar-refractivity contribution is 0.296. The lowest BCUT2D eigenvalue weighted by Gasteiger charge is -2.19. The van der Waals surface area contributed by atoms with Crippen LogP contribution in [0.5, 0.6) is 0 Å². The van der Waals surface area contributed by atoms with E-state index in [1.807, 2.05) is 6.07 Å². The van der Waals surface area contributed by atoms with Crippen molar-refractivity contribution in [2.24, 2.45) is 7.05 Å². The third-order valence-corrected chi connectivity index (χ3v) is 4.21. The summed E-state index contributed by atoms with van der Waals surface area (Å²) in [5, 5.41) is 3.59. The van der Waals surface area contributed by atoms with Crippen LogP contribution in [-0.4, -0.2) is 40.6 Å². The molecule has 2 rings (SSSR count). The van der Waals surface area contributed by atoms with Crippen LogP contribution in [0.25, 0.3) is 11.0 Å². The number of nitrogens with zero attached hydrogens (tertiary/aromatic N) is 3. The van der Waals surface area contributed by atoms with Gasteiger partial charge in [-0.2, -0.15) is 0 Å². The zero-order valence-corrected chi connectivity index (χ0v) is 13.8. The van der Waals surface area contributed by atoms with E-state index >= 15 is 0 Å². The van der Waals surface area contributed by atoms with Gasteiger partial charge in [0.15, 0.2) is 0 Å². The second-order valence-electron chi connectivity index (χ2n) is 5.57. The molecule has 0 bridgehead atoms. The van der Waals surface area contributed by atoms with E-state index in [0.717, 1.165) is 37.5 Å². The van der Waals surface area contributed by atoms with Crippen molar-refractivity contribution >= 4 is 11.0 Å². The first kappa shape index (κ1) is 16.0. The van der Waals surface area contributed by atoms with E-state index in [9.17, 15) is 0 Å². The highest BCUT2D eigenvalue weighted by Crippen LogP contribution is 2.18. The number of imidazole rings is 1. The van der Waals surface area contributed by atoms with Gasteiger partial charge >= 0.3 is 0 Å². The number of aryl methyl sites for hydroxylation is 1. The molecule has 1 heterocycles. The molecule has 0 spiro atoms. The van der Waals surface area contributed by atoms with E-state index in [1.165, 1.54) is 11.9 Å². The fraction of sp³-hybridized carbons (Fsp3) is 0.588. The van der Waals surface area contributed by atoms with Crippen LogP contribution in [0.15, 0.2) is 24.3 Å². The number of hydrogen-bond acceptors (Lipinski definition) is 3. The predicted molar refractivity (Wildman–Crippen MR) is 89.5 cm³/mol. The first-order chi connectivity index (χ1) is 10.2. The van der Waals surface area contributed by atoms with Crippen molar-refractivity contribution in [1.29, 1.82) is 0 Å². The van der Waals surface area contributed by atoms with Crippen molar-refractivity contribution in [3.05, 3.63) is 30.1 Å². The van der Waals surface area contributed by atoms with E-state index < -0.39 is 0 Å². The van der Waals surface area contributed by atoms with Crippen LogP contribution in [0.2, 0.25) is 0 Å². The number of rotatable bonds is 8. The van der Waals surface area contributed by atoms with Crippen LogP contribution < -0.4 is 5.32 Å². The summed E-state index contributed by atoms with van der Waals surface area (Å²) in [7, 11) is 2.10. The van der Waals surface area contributed by atoms with E-state index in [4.69, 9.17) is 4.98 Å². The van der Waals surface area contributed by atoms with Crippen molar-refractivity contribution < 1.29 is 0 Å². The molecule has 1 aromatic heterocycles. The maximum Gasteiger partial charge on any atom is 0.126 e. The molecule has 21 heavy (non-hydrogen) atoms. The summed E-state index contributed by atoms with van der Waals surface area (Å²) >= 11 is 0. The largest absolute Gasteiger partial charge is 0.330 e. The van der Waals surface area contributed by atoms with Crippen LogP contribution in [0.4, 0.5) is 0 Å². The van der Waals surface area contributed by atoms with Gasteiger partial charge in [0.1, 0.15) is 5.82 Å². The zero-order valence-electron chi connectivity index (χ0n) is 13.8. The quantitative estimate of drug-likeness (QED) is 0.758. The van der Waals surface area contributed by atoms with Crippen LogP contribution in [-0.2, 0) is 7.05 Å². The van der Waals surface area contributed by atoms with E-state index in [1.54, 1.807) is 0 Å². The van der Waals surface area contributed by atoms with Crippen molar-refractivity contribution in [2.45, 2.75) is 33.2 Å². The summed E-state index contributed by atoms with van der Waals surface area (Å²) in [5.74, 6) is 1.11. The molecular weight excluding hydrogens is 260 g/mol. The number of nitrogens with one attached hydrogen (secondary N) is 1. The Balaban J connectivity index is 1.90. The molecule has 1 N–H and O–H groups in total. The second kappa shape index (κ2) is 7.57. The van der Waals surface area contributed by atoms with Crippen LogP contribution in [0, 0.1) is 0 Å². The molecule has 0 aliphatic rings. The fourth-order valence-electron chi connectivity index (χ4n) is 2.80. The molecule has 0 radical (unpaired) electrons. The number of aromatic nitrogens is 2. The minimum Gasteiger partial charge on any atom is -0.330 e. The van der Waals surface area contributed by atoms with E-state index in [2.05, 4.69) is 60.8 Å². The van der Waals surface area contributed by atoms with Crippen molar-refractivity contribution in [1.82, 2.24) is 19.8 Å². The standard InChI is InChI=1S/C17H28N4/c1-5-21(6-2)13-9-12-18-14(3)17-19-15-10-7-8-11-16(15)20(17)4/h7-8,10-11,14,18H,5-6,9,12-13H2,1-4H3. The molecule has 0 saturated heterocycles. The molecule has 1 aromatic carbocycles. The fourth-order valence-corrected chi connectivity index (χ4v) is 2.80. The molecule has 2 aromatic rings. The lowest BCUT2D eigenvalue weighted by Crippen LogP contribution is -2.28. The molecule has 0 aliphatic carbocycles. The maximum absolute atomic E-state index is 4.75. The van der Waals surface area contributed by atoms with Crippen molar-refractivity contribution in [2.75, 3.05) is 26.2 Å². The monoisotopic (exact) mass is 288 g/mol. The van der Waals surface area contributed by atoms with Gasteiger partial charge in [-0.25, -0.2) is 4.98 Å². The Morgan fingerprint density at radius 1 is 1.24 bits per heavy atom. The van der Waals surface area contributed by atoms with Gasteiger partial charge in [0, 0.05) is 7.05 Å². The summed E-state index contributed by atoms with van der Waals surface area (Å²) in [6.45, 7) is 11.1. The van der Waals surface area contributed by atoms with E-state index in [0.29, 0.717) is 0 Å². The van der Waals surface area contributed by atoms with Gasteiger partial charge in [0.2, 0.25) is 0 Å². The Morgan fingerprint density at radius 2 is 1.95 bits per heavy atom. The van der Waals surface area contributed by atoms with Crippen molar-refractivity contribution in [3.8, 4) is 0 Å². The third kappa shape index (κ3) is 3.83. The summed E-state index contributed by atoms with van der Waals surface area (Å²) in [6.07, 6.45) is 1.18. The molecule has 4 heteroatoms. The second-order valence-corrected chi connectivity index (χ2v) is 5.57. The van der Waals surface area contributed by atoms with Gasteiger partial charge in [-0.3, -0.25) is 0 Å². The number of hydrogen-bond donors (Lipinski definition) is 1. The highest BCUT2D eigenvalue weighted by molar-refractivity contribution is 5.75. The third-order valence-electron chi connectivity index (χ3n) is 4.21. The maximum atomic E-state index is 4.75. The number of benzene rings is 1. The topological polar surface area (TPSA) is 33.1 Å². The SMILES string of the molecule is CCN(CC)CCCNC(C)c1nc2ccccc2n1C. The van der Waals surface area contributed by atoms with Crippen LogP contribution in [0.3, 0.4) is 0 Å². The van der Waals surface area contributed by atoms with Gasteiger partial charge in [-0.15, -0.1) is 0 Å². The van der Waals surface area contributed by atoms with Gasteiger partial charge < -0.3 is 14.8 Å². The molecule has 0 aliphatic heterocycles.